The first kappa shape index (κ1) is 24.9. The second kappa shape index (κ2) is 16.9. The van der Waals surface area contributed by atoms with Crippen LogP contribution in [-0.2, 0) is 19.1 Å². The Morgan fingerprint density at radius 1 is 0.857 bits per heavy atom. The second-order valence-corrected chi connectivity index (χ2v) is 4.40. The van der Waals surface area contributed by atoms with Gasteiger partial charge in [0.15, 0.2) is 0 Å². The van der Waals surface area contributed by atoms with Gasteiger partial charge in [0.05, 0.1) is 25.0 Å². The van der Waals surface area contributed by atoms with Crippen molar-refractivity contribution in [2.45, 2.75) is 48.0 Å². The normalized spacial score (nSPS) is 12.1. The van der Waals surface area contributed by atoms with Crippen LogP contribution in [0.5, 0.6) is 0 Å². The average Bonchev–Trinajstić information content (AvgIpc) is 2.48. The van der Waals surface area contributed by atoms with E-state index in [2.05, 4.69) is 9.47 Å². The summed E-state index contributed by atoms with van der Waals surface area (Å²) in [7, 11) is 0. The van der Waals surface area contributed by atoms with Crippen molar-refractivity contribution in [3.8, 4) is 0 Å². The van der Waals surface area contributed by atoms with E-state index in [9.17, 15) is 9.59 Å². The molecule has 6 heteroatoms. The zero-order valence-corrected chi connectivity index (χ0v) is 12.9. The van der Waals surface area contributed by atoms with Crippen LogP contribution in [0.25, 0.3) is 0 Å². The first-order valence-corrected chi connectivity index (χ1v) is 6.99. The summed E-state index contributed by atoms with van der Waals surface area (Å²) in [6.45, 7) is 7.49. The van der Waals surface area contributed by atoms with Gasteiger partial charge in [-0.15, -0.1) is 0 Å². The molecule has 0 amide bonds. The Kier molecular flexibility index (Phi) is 20.0. The van der Waals surface area contributed by atoms with Crippen molar-refractivity contribution in [3.63, 3.8) is 0 Å². The lowest BCUT2D eigenvalue weighted by atomic mass is 10.1. The van der Waals surface area contributed by atoms with Gasteiger partial charge in [-0.1, -0.05) is 35.1 Å². The molecule has 0 saturated carbocycles. The number of esters is 2. The molecule has 128 valence electrons. The SMILES string of the molecule is C.CCC(C)C(=O)OCCO.CCC(C)C(=O)OCCO. The minimum Gasteiger partial charge on any atom is -0.463 e. The van der Waals surface area contributed by atoms with E-state index in [1.54, 1.807) is 13.8 Å². The molecule has 0 aliphatic heterocycles. The minimum absolute atomic E-state index is 0. The fraction of sp³-hybridized carbons (Fsp3) is 0.867. The van der Waals surface area contributed by atoms with Crippen LogP contribution in [-0.4, -0.2) is 48.6 Å². The maximum atomic E-state index is 10.8. The second-order valence-electron chi connectivity index (χ2n) is 4.40. The highest BCUT2D eigenvalue weighted by Gasteiger charge is 2.11. The largest absolute Gasteiger partial charge is 0.463 e. The predicted molar refractivity (Wildman–Crippen MR) is 81.7 cm³/mol. The third-order valence-electron chi connectivity index (χ3n) is 2.70. The van der Waals surface area contributed by atoms with Gasteiger partial charge in [0.2, 0.25) is 0 Å². The van der Waals surface area contributed by atoms with Gasteiger partial charge in [-0.3, -0.25) is 9.59 Å². The summed E-state index contributed by atoms with van der Waals surface area (Å²) in [5.74, 6) is -0.550. The standard InChI is InChI=1S/2C7H14O3.CH4/c2*1-3-6(2)7(9)10-5-4-8;/h2*6,8H,3-5H2,1-2H3;1H4. The van der Waals surface area contributed by atoms with Crippen LogP contribution < -0.4 is 0 Å². The Labute approximate surface area is 128 Å². The molecule has 0 spiro atoms. The maximum absolute atomic E-state index is 10.8. The number of carbonyl (C=O) groups is 2. The molecule has 6 nitrogen and oxygen atoms in total. The first-order valence-electron chi connectivity index (χ1n) is 6.99. The van der Waals surface area contributed by atoms with Crippen molar-refractivity contribution >= 4 is 11.9 Å². The highest BCUT2D eigenvalue weighted by molar-refractivity contribution is 5.72. The molecule has 21 heavy (non-hydrogen) atoms. The van der Waals surface area contributed by atoms with Gasteiger partial charge in [0.1, 0.15) is 13.2 Å². The van der Waals surface area contributed by atoms with Gasteiger partial charge in [-0.05, 0) is 12.8 Å². The maximum Gasteiger partial charge on any atom is 0.308 e. The molecule has 2 atom stereocenters. The molecule has 0 aromatic rings. The van der Waals surface area contributed by atoms with E-state index >= 15 is 0 Å². The summed E-state index contributed by atoms with van der Waals surface area (Å²) in [6.07, 6.45) is 1.56. The summed E-state index contributed by atoms with van der Waals surface area (Å²) in [4.78, 5) is 21.6. The molecule has 0 aliphatic carbocycles. The topological polar surface area (TPSA) is 93.1 Å². The van der Waals surface area contributed by atoms with E-state index in [4.69, 9.17) is 10.2 Å². The molecular formula is C15H32O6. The van der Waals surface area contributed by atoms with Crippen LogP contribution in [0, 0.1) is 11.8 Å². The van der Waals surface area contributed by atoms with Crippen LogP contribution in [0.3, 0.4) is 0 Å². The molecule has 0 radical (unpaired) electrons. The molecule has 0 fully saturated rings. The van der Waals surface area contributed by atoms with E-state index in [1.807, 2.05) is 13.8 Å². The summed E-state index contributed by atoms with van der Waals surface area (Å²) in [5.41, 5.74) is 0. The third kappa shape index (κ3) is 15.1. The van der Waals surface area contributed by atoms with Gasteiger partial charge >= 0.3 is 11.9 Å². The van der Waals surface area contributed by atoms with E-state index in [-0.39, 0.29) is 57.6 Å². The van der Waals surface area contributed by atoms with Gasteiger partial charge in [-0.25, -0.2) is 0 Å². The molecule has 2 N–H and O–H groups in total. The molecular weight excluding hydrogens is 276 g/mol. The zero-order chi connectivity index (χ0) is 16.0. The Morgan fingerprint density at radius 2 is 1.14 bits per heavy atom. The summed E-state index contributed by atoms with van der Waals surface area (Å²) in [6, 6.07) is 0. The molecule has 0 rings (SSSR count). The monoisotopic (exact) mass is 308 g/mol. The number of aliphatic hydroxyl groups excluding tert-OH is 2. The van der Waals surface area contributed by atoms with E-state index in [1.165, 1.54) is 0 Å². The Morgan fingerprint density at radius 3 is 1.33 bits per heavy atom. The lowest BCUT2D eigenvalue weighted by Crippen LogP contribution is -2.15. The number of carbonyl (C=O) groups excluding carboxylic acids is 2. The van der Waals surface area contributed by atoms with Crippen molar-refractivity contribution in [3.05, 3.63) is 0 Å². The van der Waals surface area contributed by atoms with Gasteiger partial charge < -0.3 is 19.7 Å². The molecule has 0 bridgehead atoms. The highest BCUT2D eigenvalue weighted by Crippen LogP contribution is 2.02. The smallest absolute Gasteiger partial charge is 0.308 e. The van der Waals surface area contributed by atoms with Crippen LogP contribution in [0.4, 0.5) is 0 Å². The summed E-state index contributed by atoms with van der Waals surface area (Å²) >= 11 is 0. The van der Waals surface area contributed by atoms with Crippen LogP contribution >= 0.6 is 0 Å². The lowest BCUT2D eigenvalue weighted by molar-refractivity contribution is -0.149. The highest BCUT2D eigenvalue weighted by atomic mass is 16.5. The van der Waals surface area contributed by atoms with Crippen molar-refractivity contribution in [2.24, 2.45) is 11.8 Å². The predicted octanol–water partition coefficient (Wildman–Crippen LogP) is 1.77. The van der Waals surface area contributed by atoms with Gasteiger partial charge in [-0.2, -0.15) is 0 Å². The van der Waals surface area contributed by atoms with Crippen molar-refractivity contribution in [1.29, 1.82) is 0 Å². The van der Waals surface area contributed by atoms with Crippen LogP contribution in [0.2, 0.25) is 0 Å². The Hall–Kier alpha value is -1.14. The van der Waals surface area contributed by atoms with Crippen LogP contribution in [0.1, 0.15) is 48.0 Å². The molecule has 0 heterocycles. The number of hydrogen-bond acceptors (Lipinski definition) is 6. The minimum atomic E-state index is -0.225. The number of hydrogen-bond donors (Lipinski definition) is 2. The summed E-state index contributed by atoms with van der Waals surface area (Å²) in [5, 5.41) is 16.6. The number of ether oxygens (including phenoxy) is 2. The average molecular weight is 308 g/mol. The quantitative estimate of drug-likeness (QED) is 0.664. The van der Waals surface area contributed by atoms with Gasteiger partial charge in [0.25, 0.3) is 0 Å². The van der Waals surface area contributed by atoms with Crippen LogP contribution in [0.15, 0.2) is 0 Å². The third-order valence-corrected chi connectivity index (χ3v) is 2.70. The van der Waals surface area contributed by atoms with Crippen molar-refractivity contribution in [2.75, 3.05) is 26.4 Å². The Balaban J connectivity index is -0.000000295. The van der Waals surface area contributed by atoms with Crippen molar-refractivity contribution < 1.29 is 29.3 Å². The Bertz CT molecular complexity index is 229. The number of rotatable bonds is 8. The van der Waals surface area contributed by atoms with Gasteiger partial charge in [0, 0.05) is 0 Å². The molecule has 0 aromatic heterocycles. The van der Waals surface area contributed by atoms with E-state index in [0.29, 0.717) is 0 Å². The molecule has 0 aromatic carbocycles. The fourth-order valence-corrected chi connectivity index (χ4v) is 0.910. The molecule has 0 aliphatic rings. The first-order chi connectivity index (χ1) is 9.44. The van der Waals surface area contributed by atoms with E-state index < -0.39 is 0 Å². The lowest BCUT2D eigenvalue weighted by Gasteiger charge is -2.06. The van der Waals surface area contributed by atoms with Crippen molar-refractivity contribution in [1.82, 2.24) is 0 Å². The van der Waals surface area contributed by atoms with E-state index in [0.717, 1.165) is 12.8 Å². The summed E-state index contributed by atoms with van der Waals surface area (Å²) < 4.78 is 9.31. The number of aliphatic hydroxyl groups is 2. The molecule has 2 unspecified atom stereocenters. The fourth-order valence-electron chi connectivity index (χ4n) is 0.910. The molecule has 0 saturated heterocycles. The zero-order valence-electron chi connectivity index (χ0n) is 12.9.